The molecule has 5 heteroatoms. The summed E-state index contributed by atoms with van der Waals surface area (Å²) in [6.07, 6.45) is 4.34. The molecule has 2 aromatic rings. The maximum Gasteiger partial charge on any atom is 0.105 e. The summed E-state index contributed by atoms with van der Waals surface area (Å²) in [6.45, 7) is 6.21. The zero-order valence-corrected chi connectivity index (χ0v) is 11.7. The van der Waals surface area contributed by atoms with Crippen LogP contribution in [-0.2, 0) is 6.42 Å². The fraction of sp³-hybridized carbons (Fsp3) is 0.333. The molecular weight excluding hydrogens is 280 g/mol. The monoisotopic (exact) mass is 294 g/mol. The molecule has 4 nitrogen and oxygen atoms in total. The van der Waals surface area contributed by atoms with Gasteiger partial charge in [0.25, 0.3) is 0 Å². The normalized spacial score (nSPS) is 10.8. The van der Waals surface area contributed by atoms with Gasteiger partial charge in [-0.2, -0.15) is 5.10 Å². The summed E-state index contributed by atoms with van der Waals surface area (Å²) in [5.74, 6) is 0. The van der Waals surface area contributed by atoms with Crippen molar-refractivity contribution in [3.63, 3.8) is 0 Å². The molecule has 0 aliphatic rings. The van der Waals surface area contributed by atoms with Crippen molar-refractivity contribution in [3.8, 4) is 5.69 Å². The van der Waals surface area contributed by atoms with Crippen LogP contribution in [-0.4, -0.2) is 14.8 Å². The molecule has 17 heavy (non-hydrogen) atoms. The number of nitrogens with two attached hydrogens (primary N) is 1. The van der Waals surface area contributed by atoms with Gasteiger partial charge in [0.05, 0.1) is 22.1 Å². The molecule has 0 unspecified atom stereocenters. The second-order valence-electron chi connectivity index (χ2n) is 3.97. The van der Waals surface area contributed by atoms with E-state index in [2.05, 4.69) is 39.9 Å². The molecule has 2 N–H and O–H groups in total. The smallest absolute Gasteiger partial charge is 0.105 e. The van der Waals surface area contributed by atoms with Crippen LogP contribution in [0.3, 0.4) is 0 Å². The maximum atomic E-state index is 5.97. The molecule has 0 saturated heterocycles. The van der Waals surface area contributed by atoms with Crippen LogP contribution in [0.5, 0.6) is 0 Å². The molecule has 0 atom stereocenters. The molecule has 0 radical (unpaired) electrons. The minimum absolute atomic E-state index is 0.618. The van der Waals surface area contributed by atoms with Crippen molar-refractivity contribution in [1.82, 2.24) is 14.8 Å². The molecule has 2 heterocycles. The van der Waals surface area contributed by atoms with E-state index in [9.17, 15) is 0 Å². The van der Waals surface area contributed by atoms with E-state index in [1.54, 1.807) is 12.4 Å². The lowest BCUT2D eigenvalue weighted by Crippen LogP contribution is -2.05. The summed E-state index contributed by atoms with van der Waals surface area (Å²) in [6, 6.07) is 0. The van der Waals surface area contributed by atoms with Crippen LogP contribution in [0.1, 0.15) is 23.9 Å². The summed E-state index contributed by atoms with van der Waals surface area (Å²) < 4.78 is 2.74. The summed E-state index contributed by atoms with van der Waals surface area (Å²) >= 11 is 3.47. The highest BCUT2D eigenvalue weighted by Crippen LogP contribution is 2.28. The summed E-state index contributed by atoms with van der Waals surface area (Å²) in [5.41, 5.74) is 10.9. The lowest BCUT2D eigenvalue weighted by atomic mass is 10.1. The van der Waals surface area contributed by atoms with E-state index in [-0.39, 0.29) is 0 Å². The standard InChI is InChI=1S/C12H15BrN4/c1-4-9-7(2)16-17(8(9)3)12-10(13)5-15-6-11(12)14/h5-6H,4,14H2,1-3H3. The predicted molar refractivity (Wildman–Crippen MR) is 72.3 cm³/mol. The third-order valence-corrected chi connectivity index (χ3v) is 3.49. The van der Waals surface area contributed by atoms with E-state index >= 15 is 0 Å². The third-order valence-electron chi connectivity index (χ3n) is 2.91. The van der Waals surface area contributed by atoms with E-state index in [0.29, 0.717) is 5.69 Å². The number of aromatic nitrogens is 3. The van der Waals surface area contributed by atoms with Crippen LogP contribution < -0.4 is 5.73 Å². The first kappa shape index (κ1) is 12.1. The lowest BCUT2D eigenvalue weighted by molar-refractivity contribution is 0.829. The van der Waals surface area contributed by atoms with Crippen molar-refractivity contribution in [3.05, 3.63) is 33.8 Å². The van der Waals surface area contributed by atoms with Crippen LogP contribution >= 0.6 is 15.9 Å². The molecule has 0 bridgehead atoms. The van der Waals surface area contributed by atoms with E-state index in [0.717, 1.165) is 28.0 Å². The molecule has 0 aromatic carbocycles. The number of halogens is 1. The lowest BCUT2D eigenvalue weighted by Gasteiger charge is -2.09. The zero-order chi connectivity index (χ0) is 12.6. The van der Waals surface area contributed by atoms with E-state index < -0.39 is 0 Å². The van der Waals surface area contributed by atoms with Crippen molar-refractivity contribution in [2.24, 2.45) is 0 Å². The van der Waals surface area contributed by atoms with Crippen LogP contribution in [0, 0.1) is 13.8 Å². The minimum Gasteiger partial charge on any atom is -0.396 e. The van der Waals surface area contributed by atoms with Crippen molar-refractivity contribution >= 4 is 21.6 Å². The summed E-state index contributed by atoms with van der Waals surface area (Å²) in [7, 11) is 0. The minimum atomic E-state index is 0.618. The second kappa shape index (κ2) is 4.49. The Kier molecular flexibility index (Phi) is 3.19. The Labute approximate surface area is 109 Å². The first-order valence-electron chi connectivity index (χ1n) is 5.50. The third kappa shape index (κ3) is 1.95. The number of nitrogens with zero attached hydrogens (tertiary/aromatic N) is 3. The van der Waals surface area contributed by atoms with E-state index in [1.165, 1.54) is 5.56 Å². The zero-order valence-electron chi connectivity index (χ0n) is 10.2. The Morgan fingerprint density at radius 1 is 1.35 bits per heavy atom. The number of hydrogen-bond acceptors (Lipinski definition) is 3. The number of aryl methyl sites for hydroxylation is 1. The van der Waals surface area contributed by atoms with Gasteiger partial charge >= 0.3 is 0 Å². The average Bonchev–Trinajstić information content (AvgIpc) is 2.54. The Balaban J connectivity index is 2.69. The van der Waals surface area contributed by atoms with E-state index in [4.69, 9.17) is 5.73 Å². The molecule has 0 aliphatic carbocycles. The van der Waals surface area contributed by atoms with Gasteiger partial charge in [-0.3, -0.25) is 4.98 Å². The highest BCUT2D eigenvalue weighted by molar-refractivity contribution is 9.10. The Morgan fingerprint density at radius 2 is 2.06 bits per heavy atom. The molecule has 0 spiro atoms. The highest BCUT2D eigenvalue weighted by Gasteiger charge is 2.15. The van der Waals surface area contributed by atoms with E-state index in [1.807, 2.05) is 11.6 Å². The molecule has 0 amide bonds. The van der Waals surface area contributed by atoms with Gasteiger partial charge in [0.1, 0.15) is 5.69 Å². The number of pyridine rings is 1. The molecule has 90 valence electrons. The Bertz CT molecular complexity index is 540. The van der Waals surface area contributed by atoms with Crippen LogP contribution in [0.25, 0.3) is 5.69 Å². The summed E-state index contributed by atoms with van der Waals surface area (Å²) in [5, 5.41) is 4.55. The number of nitrogen functional groups attached to an aromatic ring is 1. The fourth-order valence-corrected chi connectivity index (χ4v) is 2.59. The fourth-order valence-electron chi connectivity index (χ4n) is 2.07. The number of rotatable bonds is 2. The van der Waals surface area contributed by atoms with Gasteiger partial charge in [0, 0.05) is 11.9 Å². The van der Waals surface area contributed by atoms with Gasteiger partial charge in [-0.05, 0) is 41.8 Å². The van der Waals surface area contributed by atoms with Gasteiger partial charge in [-0.1, -0.05) is 6.92 Å². The molecule has 0 saturated carbocycles. The molecule has 0 fully saturated rings. The topological polar surface area (TPSA) is 56.7 Å². The van der Waals surface area contributed by atoms with Crippen LogP contribution in [0.15, 0.2) is 16.9 Å². The quantitative estimate of drug-likeness (QED) is 0.927. The first-order valence-corrected chi connectivity index (χ1v) is 6.30. The summed E-state index contributed by atoms with van der Waals surface area (Å²) in [4.78, 5) is 4.04. The Hall–Kier alpha value is -1.36. The van der Waals surface area contributed by atoms with Gasteiger partial charge in [0.2, 0.25) is 0 Å². The number of anilines is 1. The van der Waals surface area contributed by atoms with Gasteiger partial charge in [-0.25, -0.2) is 4.68 Å². The van der Waals surface area contributed by atoms with Crippen LogP contribution in [0.2, 0.25) is 0 Å². The predicted octanol–water partition coefficient (Wildman–Crippen LogP) is 2.79. The average molecular weight is 295 g/mol. The highest BCUT2D eigenvalue weighted by atomic mass is 79.9. The largest absolute Gasteiger partial charge is 0.396 e. The van der Waals surface area contributed by atoms with Gasteiger partial charge < -0.3 is 5.73 Å². The van der Waals surface area contributed by atoms with Gasteiger partial charge in [-0.15, -0.1) is 0 Å². The van der Waals surface area contributed by atoms with Gasteiger partial charge in [0.15, 0.2) is 0 Å². The SMILES string of the molecule is CCc1c(C)nn(-c2c(N)cncc2Br)c1C. The molecule has 0 aliphatic heterocycles. The molecule has 2 aromatic heterocycles. The number of hydrogen-bond donors (Lipinski definition) is 1. The maximum absolute atomic E-state index is 5.97. The second-order valence-corrected chi connectivity index (χ2v) is 4.83. The van der Waals surface area contributed by atoms with Crippen molar-refractivity contribution in [2.45, 2.75) is 27.2 Å². The van der Waals surface area contributed by atoms with Crippen LogP contribution in [0.4, 0.5) is 5.69 Å². The van der Waals surface area contributed by atoms with Crippen molar-refractivity contribution in [2.75, 3.05) is 5.73 Å². The van der Waals surface area contributed by atoms with Crippen molar-refractivity contribution < 1.29 is 0 Å². The molecular formula is C12H15BrN4. The molecule has 2 rings (SSSR count). The first-order chi connectivity index (χ1) is 8.06. The van der Waals surface area contributed by atoms with Crippen molar-refractivity contribution in [1.29, 1.82) is 0 Å². The Morgan fingerprint density at radius 3 is 2.59 bits per heavy atom.